The van der Waals surface area contributed by atoms with E-state index in [1.807, 2.05) is 0 Å². The molecule has 2 amide bonds. The van der Waals surface area contributed by atoms with E-state index in [4.69, 9.17) is 0 Å². The number of carbonyl (C=O) groups excluding carboxylic acids is 1. The minimum absolute atomic E-state index is 0.150. The monoisotopic (exact) mass is 318 g/mol. The normalized spacial score (nSPS) is 11.7. The van der Waals surface area contributed by atoms with E-state index in [1.165, 1.54) is 4.90 Å². The number of urea groups is 1. The molecule has 0 saturated carbocycles. The molecule has 0 heterocycles. The summed E-state index contributed by atoms with van der Waals surface area (Å²) in [6.45, 7) is 0.274. The predicted molar refractivity (Wildman–Crippen MR) is 87.4 cm³/mol. The van der Waals surface area contributed by atoms with Crippen molar-refractivity contribution in [3.8, 4) is 5.75 Å². The summed E-state index contributed by atoms with van der Waals surface area (Å²) in [6, 6.07) is 13.5. The Hall–Kier alpha value is -2.34. The number of nitrogens with zero attached hydrogens (tertiary/aromatic N) is 1. The Morgan fingerprint density at radius 2 is 1.82 bits per heavy atom. The van der Waals surface area contributed by atoms with Crippen molar-refractivity contribution in [1.29, 1.82) is 0 Å². The summed E-state index contributed by atoms with van der Waals surface area (Å²) < 4.78 is 11.7. The van der Waals surface area contributed by atoms with E-state index in [0.29, 0.717) is 16.1 Å². The molecule has 0 bridgehead atoms. The summed E-state index contributed by atoms with van der Waals surface area (Å²) in [7, 11) is 0.447. The van der Waals surface area contributed by atoms with Crippen molar-refractivity contribution < 1.29 is 14.1 Å². The highest BCUT2D eigenvalue weighted by molar-refractivity contribution is 7.84. The number of phenolic OH excluding ortho intramolecular Hbond substituents is 1. The van der Waals surface area contributed by atoms with Crippen molar-refractivity contribution in [1.82, 2.24) is 4.90 Å². The van der Waals surface area contributed by atoms with Gasteiger partial charge in [-0.1, -0.05) is 30.3 Å². The Bertz CT molecular complexity index is 703. The van der Waals surface area contributed by atoms with Crippen LogP contribution in [0.5, 0.6) is 5.75 Å². The Balaban J connectivity index is 2.09. The number of phenols is 1. The van der Waals surface area contributed by atoms with Crippen LogP contribution in [-0.2, 0) is 17.3 Å². The molecule has 0 fully saturated rings. The second kappa shape index (κ2) is 7.09. The van der Waals surface area contributed by atoms with Gasteiger partial charge in [-0.15, -0.1) is 0 Å². The van der Waals surface area contributed by atoms with E-state index in [-0.39, 0.29) is 18.3 Å². The van der Waals surface area contributed by atoms with Crippen LogP contribution >= 0.6 is 0 Å². The number of carbonyl (C=O) groups is 1. The van der Waals surface area contributed by atoms with Crippen LogP contribution in [0.15, 0.2) is 53.4 Å². The molecular weight excluding hydrogens is 300 g/mol. The number of amides is 2. The lowest BCUT2D eigenvalue weighted by Crippen LogP contribution is -2.31. The lowest BCUT2D eigenvalue weighted by Gasteiger charge is -2.19. The van der Waals surface area contributed by atoms with Crippen molar-refractivity contribution in [2.24, 2.45) is 0 Å². The molecule has 2 rings (SSSR count). The fourth-order valence-corrected chi connectivity index (χ4v) is 2.70. The minimum Gasteiger partial charge on any atom is -0.508 e. The fraction of sp³-hybridized carbons (Fsp3) is 0.188. The summed E-state index contributed by atoms with van der Waals surface area (Å²) in [5.74, 6) is 0.150. The van der Waals surface area contributed by atoms with Gasteiger partial charge in [0.05, 0.1) is 27.9 Å². The number of hydrogen-bond donors (Lipinski definition) is 2. The average Bonchev–Trinajstić information content (AvgIpc) is 2.49. The van der Waals surface area contributed by atoms with Gasteiger partial charge in [0.2, 0.25) is 0 Å². The third-order valence-electron chi connectivity index (χ3n) is 3.18. The number of benzene rings is 2. The molecule has 2 aromatic carbocycles. The second-order valence-electron chi connectivity index (χ2n) is 4.87. The van der Waals surface area contributed by atoms with Crippen LogP contribution in [0.25, 0.3) is 0 Å². The maximum absolute atomic E-state index is 12.2. The summed E-state index contributed by atoms with van der Waals surface area (Å²) in [6.07, 6.45) is 1.57. The number of para-hydroxylation sites is 2. The van der Waals surface area contributed by atoms with Gasteiger partial charge in [0.15, 0.2) is 0 Å². The fourth-order valence-electron chi connectivity index (χ4n) is 2.00. The smallest absolute Gasteiger partial charge is 0.321 e. The first-order valence-electron chi connectivity index (χ1n) is 6.70. The van der Waals surface area contributed by atoms with Gasteiger partial charge in [-0.25, -0.2) is 4.79 Å². The van der Waals surface area contributed by atoms with E-state index in [1.54, 1.807) is 61.8 Å². The van der Waals surface area contributed by atoms with Crippen LogP contribution in [0.1, 0.15) is 5.56 Å². The summed E-state index contributed by atoms with van der Waals surface area (Å²) in [4.78, 5) is 14.3. The Morgan fingerprint density at radius 1 is 1.18 bits per heavy atom. The standard InChI is InChI=1S/C16H18N2O3S/c1-18(11-12-7-3-5-9-14(12)19)16(20)17-13-8-4-6-10-15(13)22(2)21/h3-10,19H,11H2,1-2H3,(H,17,20)/t22-/m1/s1. The highest BCUT2D eigenvalue weighted by Gasteiger charge is 2.14. The molecule has 2 N–H and O–H groups in total. The maximum atomic E-state index is 12.2. The molecule has 0 radical (unpaired) electrons. The van der Waals surface area contributed by atoms with E-state index in [2.05, 4.69) is 5.32 Å². The number of hydrogen-bond acceptors (Lipinski definition) is 3. The molecule has 0 unspecified atom stereocenters. The van der Waals surface area contributed by atoms with Crippen LogP contribution in [-0.4, -0.2) is 33.5 Å². The van der Waals surface area contributed by atoms with E-state index in [9.17, 15) is 14.1 Å². The van der Waals surface area contributed by atoms with E-state index >= 15 is 0 Å². The van der Waals surface area contributed by atoms with Gasteiger partial charge in [-0.2, -0.15) is 0 Å². The zero-order valence-electron chi connectivity index (χ0n) is 12.4. The first-order chi connectivity index (χ1) is 10.5. The topological polar surface area (TPSA) is 69.6 Å². The van der Waals surface area contributed by atoms with Gasteiger partial charge < -0.3 is 15.3 Å². The van der Waals surface area contributed by atoms with Crippen LogP contribution < -0.4 is 5.32 Å². The van der Waals surface area contributed by atoms with Crippen LogP contribution in [0, 0.1) is 0 Å². The molecule has 0 aliphatic heterocycles. The number of anilines is 1. The maximum Gasteiger partial charge on any atom is 0.321 e. The van der Waals surface area contributed by atoms with Gasteiger partial charge in [-0.3, -0.25) is 4.21 Å². The van der Waals surface area contributed by atoms with E-state index in [0.717, 1.165) is 0 Å². The van der Waals surface area contributed by atoms with Gasteiger partial charge in [0, 0.05) is 18.9 Å². The lowest BCUT2D eigenvalue weighted by molar-refractivity contribution is 0.220. The van der Waals surface area contributed by atoms with Crippen molar-refractivity contribution in [3.05, 3.63) is 54.1 Å². The summed E-state index contributed by atoms with van der Waals surface area (Å²) >= 11 is 0. The highest BCUT2D eigenvalue weighted by Crippen LogP contribution is 2.20. The summed E-state index contributed by atoms with van der Waals surface area (Å²) in [5.41, 5.74) is 1.19. The molecule has 2 aromatic rings. The van der Waals surface area contributed by atoms with Crippen LogP contribution in [0.4, 0.5) is 10.5 Å². The van der Waals surface area contributed by atoms with Crippen LogP contribution in [0.2, 0.25) is 0 Å². The Labute approximate surface area is 132 Å². The molecule has 0 aliphatic rings. The average molecular weight is 318 g/mol. The molecule has 0 aliphatic carbocycles. The molecular formula is C16H18N2O3S. The summed E-state index contributed by atoms with van der Waals surface area (Å²) in [5, 5.41) is 12.5. The third-order valence-corrected chi connectivity index (χ3v) is 4.16. The molecule has 6 heteroatoms. The SMILES string of the molecule is CN(Cc1ccccc1O)C(=O)Nc1ccccc1[S@@](C)=O. The minimum atomic E-state index is -1.18. The number of nitrogens with one attached hydrogen (secondary N) is 1. The zero-order valence-corrected chi connectivity index (χ0v) is 13.3. The Kier molecular flexibility index (Phi) is 5.16. The Morgan fingerprint density at radius 3 is 2.50 bits per heavy atom. The first-order valence-corrected chi connectivity index (χ1v) is 8.26. The predicted octanol–water partition coefficient (Wildman–Crippen LogP) is 2.79. The zero-order chi connectivity index (χ0) is 16.1. The van der Waals surface area contributed by atoms with Gasteiger partial charge in [0.1, 0.15) is 5.75 Å². The van der Waals surface area contributed by atoms with Crippen molar-refractivity contribution >= 4 is 22.5 Å². The quantitative estimate of drug-likeness (QED) is 0.911. The highest BCUT2D eigenvalue weighted by atomic mass is 32.2. The molecule has 0 aromatic heterocycles. The molecule has 1 atom stereocenters. The second-order valence-corrected chi connectivity index (χ2v) is 6.21. The van der Waals surface area contributed by atoms with Gasteiger partial charge in [0.25, 0.3) is 0 Å². The molecule has 5 nitrogen and oxygen atoms in total. The number of aromatic hydroxyl groups is 1. The van der Waals surface area contributed by atoms with Crippen molar-refractivity contribution in [2.75, 3.05) is 18.6 Å². The van der Waals surface area contributed by atoms with Crippen LogP contribution in [0.3, 0.4) is 0 Å². The molecule has 22 heavy (non-hydrogen) atoms. The van der Waals surface area contributed by atoms with E-state index < -0.39 is 10.8 Å². The first kappa shape index (κ1) is 16.0. The largest absolute Gasteiger partial charge is 0.508 e. The number of rotatable bonds is 4. The third kappa shape index (κ3) is 3.85. The molecule has 0 saturated heterocycles. The van der Waals surface area contributed by atoms with Crippen molar-refractivity contribution in [2.45, 2.75) is 11.4 Å². The van der Waals surface area contributed by atoms with Gasteiger partial charge in [-0.05, 0) is 18.2 Å². The molecule has 0 spiro atoms. The van der Waals surface area contributed by atoms with Crippen molar-refractivity contribution in [3.63, 3.8) is 0 Å². The lowest BCUT2D eigenvalue weighted by atomic mass is 10.2. The molecule has 116 valence electrons. The van der Waals surface area contributed by atoms with Gasteiger partial charge >= 0.3 is 6.03 Å².